The second kappa shape index (κ2) is 5.98. The molecule has 1 heterocycles. The maximum atomic E-state index is 13.3. The first-order chi connectivity index (χ1) is 9.02. The predicted octanol–water partition coefficient (Wildman–Crippen LogP) is 3.39. The van der Waals surface area contributed by atoms with Crippen LogP contribution in [0.2, 0.25) is 5.15 Å². The van der Waals surface area contributed by atoms with Gasteiger partial charge in [0.05, 0.1) is 15.9 Å². The second-order valence-corrected chi connectivity index (χ2v) is 5.13. The van der Waals surface area contributed by atoms with Crippen molar-refractivity contribution in [2.45, 2.75) is 6.61 Å². The number of phenols is 1. The van der Waals surface area contributed by atoms with Crippen molar-refractivity contribution in [1.82, 2.24) is 9.97 Å². The molecule has 0 amide bonds. The molecule has 2 rings (SSSR count). The molecule has 0 atom stereocenters. The Morgan fingerprint density at radius 2 is 2.16 bits per heavy atom. The number of phenolic OH excluding ortho intramolecular Hbond substituents is 1. The van der Waals surface area contributed by atoms with Crippen LogP contribution in [0, 0.1) is 9.39 Å². The summed E-state index contributed by atoms with van der Waals surface area (Å²) in [5, 5.41) is 9.45. The van der Waals surface area contributed by atoms with Gasteiger partial charge in [0.2, 0.25) is 0 Å². The number of hydrogen-bond acceptors (Lipinski definition) is 4. The van der Waals surface area contributed by atoms with E-state index in [1.807, 2.05) is 22.6 Å². The van der Waals surface area contributed by atoms with Crippen molar-refractivity contribution in [2.24, 2.45) is 0 Å². The Balaban J connectivity index is 2.52. The number of halogens is 3. The van der Waals surface area contributed by atoms with Gasteiger partial charge in [0, 0.05) is 12.7 Å². The minimum absolute atomic E-state index is 0.283. The molecule has 0 bridgehead atoms. The third kappa shape index (κ3) is 3.13. The topological polar surface area (TPSA) is 55.2 Å². The standard InChI is InChI=1S/C12H9ClFIN2O2/c1-19-5-8-10(15)11(13)17-12(16-8)6-2-3-9(18)7(14)4-6/h2-4,18H,5H2,1H3. The van der Waals surface area contributed by atoms with Crippen LogP contribution in [0.25, 0.3) is 11.4 Å². The third-order valence-electron chi connectivity index (χ3n) is 2.37. The number of rotatable bonds is 3. The summed E-state index contributed by atoms with van der Waals surface area (Å²) in [5.74, 6) is -0.863. The first-order valence-electron chi connectivity index (χ1n) is 5.22. The van der Waals surface area contributed by atoms with Crippen LogP contribution in [-0.2, 0) is 11.3 Å². The molecule has 0 aliphatic carbocycles. The summed E-state index contributed by atoms with van der Waals surface area (Å²) in [7, 11) is 1.55. The molecule has 7 heteroatoms. The van der Waals surface area contributed by atoms with Gasteiger partial charge in [-0.2, -0.15) is 0 Å². The van der Waals surface area contributed by atoms with E-state index < -0.39 is 11.6 Å². The molecule has 0 fully saturated rings. The van der Waals surface area contributed by atoms with Gasteiger partial charge in [0.1, 0.15) is 5.15 Å². The van der Waals surface area contributed by atoms with Crippen LogP contribution in [0.3, 0.4) is 0 Å². The van der Waals surface area contributed by atoms with Gasteiger partial charge in [0.25, 0.3) is 0 Å². The molecule has 0 aliphatic heterocycles. The van der Waals surface area contributed by atoms with E-state index in [1.165, 1.54) is 12.1 Å². The van der Waals surface area contributed by atoms with Crippen LogP contribution in [0.15, 0.2) is 18.2 Å². The Bertz CT molecular complexity index is 625. The van der Waals surface area contributed by atoms with Crippen LogP contribution in [-0.4, -0.2) is 22.2 Å². The number of benzene rings is 1. The van der Waals surface area contributed by atoms with Crippen molar-refractivity contribution in [2.75, 3.05) is 7.11 Å². The monoisotopic (exact) mass is 394 g/mol. The van der Waals surface area contributed by atoms with E-state index >= 15 is 0 Å². The average Bonchev–Trinajstić information content (AvgIpc) is 2.38. The van der Waals surface area contributed by atoms with Gasteiger partial charge in [-0.25, -0.2) is 14.4 Å². The van der Waals surface area contributed by atoms with Gasteiger partial charge >= 0.3 is 0 Å². The van der Waals surface area contributed by atoms with Crippen LogP contribution < -0.4 is 0 Å². The minimum Gasteiger partial charge on any atom is -0.505 e. The second-order valence-electron chi connectivity index (χ2n) is 3.70. The van der Waals surface area contributed by atoms with Gasteiger partial charge in [-0.15, -0.1) is 0 Å². The average molecular weight is 395 g/mol. The highest BCUT2D eigenvalue weighted by atomic mass is 127. The van der Waals surface area contributed by atoms with Crippen molar-refractivity contribution < 1.29 is 14.2 Å². The summed E-state index contributed by atoms with van der Waals surface area (Å²) in [6.45, 7) is 0.286. The largest absolute Gasteiger partial charge is 0.505 e. The van der Waals surface area contributed by atoms with E-state index in [4.69, 9.17) is 21.4 Å². The maximum Gasteiger partial charge on any atom is 0.165 e. The number of nitrogens with zero attached hydrogens (tertiary/aromatic N) is 2. The van der Waals surface area contributed by atoms with Gasteiger partial charge in [-0.05, 0) is 40.8 Å². The zero-order chi connectivity index (χ0) is 14.0. The molecule has 1 aromatic carbocycles. The van der Waals surface area contributed by atoms with E-state index in [0.29, 0.717) is 14.8 Å². The fourth-order valence-electron chi connectivity index (χ4n) is 1.47. The van der Waals surface area contributed by atoms with Crippen molar-refractivity contribution in [1.29, 1.82) is 0 Å². The SMILES string of the molecule is COCc1nc(-c2ccc(O)c(F)c2)nc(Cl)c1I. The van der Waals surface area contributed by atoms with Crippen molar-refractivity contribution in [3.05, 3.63) is 38.4 Å². The van der Waals surface area contributed by atoms with Crippen molar-refractivity contribution in [3.8, 4) is 17.1 Å². The van der Waals surface area contributed by atoms with E-state index in [-0.39, 0.29) is 17.6 Å². The molecule has 100 valence electrons. The number of ether oxygens (including phenoxy) is 1. The molecular formula is C12H9ClFIN2O2. The molecule has 0 radical (unpaired) electrons. The van der Waals surface area contributed by atoms with E-state index in [9.17, 15) is 4.39 Å². The summed E-state index contributed by atoms with van der Waals surface area (Å²) in [6, 6.07) is 3.92. The normalized spacial score (nSPS) is 10.7. The summed E-state index contributed by atoms with van der Waals surface area (Å²) < 4.78 is 19.1. The summed E-state index contributed by atoms with van der Waals surface area (Å²) in [5.41, 5.74) is 1.07. The van der Waals surface area contributed by atoms with Crippen LogP contribution in [0.4, 0.5) is 4.39 Å². The van der Waals surface area contributed by atoms with Gasteiger partial charge in [-0.3, -0.25) is 0 Å². The Kier molecular flexibility index (Phi) is 4.54. The van der Waals surface area contributed by atoms with Crippen LogP contribution in [0.5, 0.6) is 5.75 Å². The maximum absolute atomic E-state index is 13.3. The Morgan fingerprint density at radius 3 is 2.79 bits per heavy atom. The molecule has 0 unspecified atom stereocenters. The molecule has 0 saturated carbocycles. The highest BCUT2D eigenvalue weighted by Gasteiger charge is 2.13. The fraction of sp³-hybridized carbons (Fsp3) is 0.167. The van der Waals surface area contributed by atoms with Gasteiger partial charge < -0.3 is 9.84 Å². The molecule has 19 heavy (non-hydrogen) atoms. The predicted molar refractivity (Wildman–Crippen MR) is 77.5 cm³/mol. The quantitative estimate of drug-likeness (QED) is 0.640. The molecule has 0 spiro atoms. The lowest BCUT2D eigenvalue weighted by molar-refractivity contribution is 0.181. The van der Waals surface area contributed by atoms with E-state index in [2.05, 4.69) is 9.97 Å². The van der Waals surface area contributed by atoms with Crippen LogP contribution in [0.1, 0.15) is 5.69 Å². The summed E-state index contributed by atoms with van der Waals surface area (Å²) >= 11 is 8.04. The zero-order valence-corrected chi connectivity index (χ0v) is 12.7. The number of aromatic hydroxyl groups is 1. The Morgan fingerprint density at radius 1 is 1.42 bits per heavy atom. The molecule has 1 aromatic heterocycles. The third-order valence-corrected chi connectivity index (χ3v) is 4.09. The van der Waals surface area contributed by atoms with E-state index in [0.717, 1.165) is 6.07 Å². The number of aromatic nitrogens is 2. The molecule has 1 N–H and O–H groups in total. The molecule has 4 nitrogen and oxygen atoms in total. The van der Waals surface area contributed by atoms with Crippen molar-refractivity contribution >= 4 is 34.2 Å². The number of methoxy groups -OCH3 is 1. The highest BCUT2D eigenvalue weighted by molar-refractivity contribution is 14.1. The Hall–Kier alpha value is -0.990. The summed E-state index contributed by atoms with van der Waals surface area (Å²) in [4.78, 5) is 8.39. The molecular weight excluding hydrogens is 385 g/mol. The van der Waals surface area contributed by atoms with Crippen LogP contribution >= 0.6 is 34.2 Å². The molecule has 2 aromatic rings. The van der Waals surface area contributed by atoms with E-state index in [1.54, 1.807) is 7.11 Å². The summed E-state index contributed by atoms with van der Waals surface area (Å²) in [6.07, 6.45) is 0. The van der Waals surface area contributed by atoms with Crippen molar-refractivity contribution in [3.63, 3.8) is 0 Å². The number of hydrogen-bond donors (Lipinski definition) is 1. The molecule has 0 aliphatic rings. The Labute approximate surface area is 127 Å². The highest BCUT2D eigenvalue weighted by Crippen LogP contribution is 2.26. The lowest BCUT2D eigenvalue weighted by atomic mass is 10.2. The fourth-order valence-corrected chi connectivity index (χ4v) is 2.06. The minimum atomic E-state index is -0.732. The zero-order valence-electron chi connectivity index (χ0n) is 9.82. The first kappa shape index (κ1) is 14.4. The lowest BCUT2D eigenvalue weighted by Gasteiger charge is -2.08. The smallest absolute Gasteiger partial charge is 0.165 e. The lowest BCUT2D eigenvalue weighted by Crippen LogP contribution is -2.02. The first-order valence-corrected chi connectivity index (χ1v) is 6.68. The van der Waals surface area contributed by atoms with Gasteiger partial charge in [0.15, 0.2) is 17.4 Å². The molecule has 0 saturated heterocycles. The van der Waals surface area contributed by atoms with Gasteiger partial charge in [-0.1, -0.05) is 11.6 Å².